The molecule has 1 aromatic heterocycles. The predicted octanol–water partition coefficient (Wildman–Crippen LogP) is 2.66. The van der Waals surface area contributed by atoms with Crippen molar-refractivity contribution in [3.8, 4) is 5.75 Å². The van der Waals surface area contributed by atoms with E-state index in [1.807, 2.05) is 0 Å². The Kier molecular flexibility index (Phi) is 7.01. The second kappa shape index (κ2) is 9.69. The lowest BCUT2D eigenvalue weighted by Crippen LogP contribution is -2.34. The molecule has 3 rings (SSSR count). The second-order valence-corrected chi connectivity index (χ2v) is 8.92. The SMILES string of the molecule is COc1ccc(S(=O)(=O)N(C)C[C@H](N)c2ccc(C(=O)Nc3ccncc3)cc2)cc1. The minimum atomic E-state index is -3.69. The molecule has 0 unspecified atom stereocenters. The van der Waals surface area contributed by atoms with E-state index in [-0.39, 0.29) is 17.3 Å². The number of hydrogen-bond acceptors (Lipinski definition) is 6. The summed E-state index contributed by atoms with van der Waals surface area (Å²) in [5.41, 5.74) is 8.06. The molecule has 1 amide bonds. The zero-order chi connectivity index (χ0) is 22.4. The average molecular weight is 441 g/mol. The average Bonchev–Trinajstić information content (AvgIpc) is 2.79. The largest absolute Gasteiger partial charge is 0.497 e. The Morgan fingerprint density at radius 3 is 2.26 bits per heavy atom. The molecule has 3 aromatic rings. The molecule has 1 atom stereocenters. The summed E-state index contributed by atoms with van der Waals surface area (Å²) < 4.78 is 31.9. The number of nitrogens with two attached hydrogens (primary N) is 1. The minimum Gasteiger partial charge on any atom is -0.497 e. The summed E-state index contributed by atoms with van der Waals surface area (Å²) in [6.45, 7) is 0.0803. The van der Waals surface area contributed by atoms with Crippen LogP contribution in [0.4, 0.5) is 5.69 Å². The second-order valence-electron chi connectivity index (χ2n) is 6.88. The first-order valence-electron chi connectivity index (χ1n) is 9.48. The van der Waals surface area contributed by atoms with Crippen molar-refractivity contribution < 1.29 is 17.9 Å². The minimum absolute atomic E-state index is 0.0803. The number of sulfonamides is 1. The van der Waals surface area contributed by atoms with E-state index >= 15 is 0 Å². The van der Waals surface area contributed by atoms with Gasteiger partial charge in [-0.15, -0.1) is 0 Å². The summed E-state index contributed by atoms with van der Waals surface area (Å²) in [6.07, 6.45) is 3.18. The predicted molar refractivity (Wildman–Crippen MR) is 118 cm³/mol. The van der Waals surface area contributed by atoms with Crippen molar-refractivity contribution in [3.05, 3.63) is 84.2 Å². The normalized spacial score (nSPS) is 12.4. The van der Waals surface area contributed by atoms with Gasteiger partial charge in [0.1, 0.15) is 5.75 Å². The lowest BCUT2D eigenvalue weighted by atomic mass is 10.1. The molecule has 0 aliphatic rings. The Morgan fingerprint density at radius 2 is 1.68 bits per heavy atom. The summed E-state index contributed by atoms with van der Waals surface area (Å²) >= 11 is 0. The van der Waals surface area contributed by atoms with Crippen LogP contribution < -0.4 is 15.8 Å². The van der Waals surface area contributed by atoms with Gasteiger partial charge in [0.2, 0.25) is 10.0 Å². The van der Waals surface area contributed by atoms with Gasteiger partial charge in [-0.2, -0.15) is 4.31 Å². The van der Waals surface area contributed by atoms with Gasteiger partial charge in [-0.1, -0.05) is 12.1 Å². The molecular formula is C22H24N4O4S. The third-order valence-electron chi connectivity index (χ3n) is 4.76. The number of amides is 1. The van der Waals surface area contributed by atoms with Crippen molar-refractivity contribution in [3.63, 3.8) is 0 Å². The van der Waals surface area contributed by atoms with Crippen LogP contribution in [-0.2, 0) is 10.0 Å². The van der Waals surface area contributed by atoms with Gasteiger partial charge in [0.05, 0.1) is 12.0 Å². The van der Waals surface area contributed by atoms with Crippen molar-refractivity contribution in [2.75, 3.05) is 26.0 Å². The molecule has 162 valence electrons. The molecule has 0 aliphatic heterocycles. The van der Waals surface area contributed by atoms with Crippen LogP contribution >= 0.6 is 0 Å². The first kappa shape index (κ1) is 22.4. The number of anilines is 1. The number of hydrogen-bond donors (Lipinski definition) is 2. The number of ether oxygens (including phenoxy) is 1. The molecule has 2 aromatic carbocycles. The third kappa shape index (κ3) is 5.46. The van der Waals surface area contributed by atoms with E-state index in [0.717, 1.165) is 5.56 Å². The van der Waals surface area contributed by atoms with Crippen LogP contribution in [0, 0.1) is 0 Å². The number of likely N-dealkylation sites (N-methyl/N-ethyl adjacent to an activating group) is 1. The van der Waals surface area contributed by atoms with Gasteiger partial charge < -0.3 is 15.8 Å². The quantitative estimate of drug-likeness (QED) is 0.557. The van der Waals surface area contributed by atoms with Crippen LogP contribution in [0.2, 0.25) is 0 Å². The van der Waals surface area contributed by atoms with E-state index in [2.05, 4.69) is 10.3 Å². The maximum Gasteiger partial charge on any atom is 0.255 e. The molecule has 0 saturated carbocycles. The third-order valence-corrected chi connectivity index (χ3v) is 6.60. The summed E-state index contributed by atoms with van der Waals surface area (Å²) in [7, 11) is -0.696. The molecule has 0 bridgehead atoms. The van der Waals surface area contributed by atoms with Crippen LogP contribution in [-0.4, -0.2) is 44.3 Å². The van der Waals surface area contributed by atoms with Gasteiger partial charge in [-0.25, -0.2) is 8.42 Å². The van der Waals surface area contributed by atoms with E-state index in [4.69, 9.17) is 10.5 Å². The fraction of sp³-hybridized carbons (Fsp3) is 0.182. The Morgan fingerprint density at radius 1 is 1.06 bits per heavy atom. The van der Waals surface area contributed by atoms with Crippen LogP contribution in [0.5, 0.6) is 5.75 Å². The highest BCUT2D eigenvalue weighted by Gasteiger charge is 2.23. The Balaban J connectivity index is 1.65. The Labute approximate surface area is 181 Å². The van der Waals surface area contributed by atoms with Gasteiger partial charge in [-0.05, 0) is 54.1 Å². The first-order chi connectivity index (χ1) is 14.8. The molecule has 0 aliphatic carbocycles. The van der Waals surface area contributed by atoms with Crippen LogP contribution in [0.25, 0.3) is 0 Å². The maximum atomic E-state index is 12.8. The zero-order valence-electron chi connectivity index (χ0n) is 17.2. The van der Waals surface area contributed by atoms with Crippen LogP contribution in [0.1, 0.15) is 22.0 Å². The van der Waals surface area contributed by atoms with Crippen LogP contribution in [0.3, 0.4) is 0 Å². The highest BCUT2D eigenvalue weighted by Crippen LogP contribution is 2.21. The first-order valence-corrected chi connectivity index (χ1v) is 10.9. The van der Waals surface area contributed by atoms with Gasteiger partial charge in [0, 0.05) is 43.3 Å². The molecule has 0 radical (unpaired) electrons. The van der Waals surface area contributed by atoms with Gasteiger partial charge in [-0.3, -0.25) is 9.78 Å². The molecule has 1 heterocycles. The number of aromatic nitrogens is 1. The van der Waals surface area contributed by atoms with Gasteiger partial charge >= 0.3 is 0 Å². The number of carbonyl (C=O) groups is 1. The monoisotopic (exact) mass is 440 g/mol. The Hall–Kier alpha value is -3.27. The van der Waals surface area contributed by atoms with E-state index in [1.165, 1.54) is 30.6 Å². The summed E-state index contributed by atoms with van der Waals surface area (Å²) in [4.78, 5) is 16.4. The van der Waals surface area contributed by atoms with Crippen molar-refractivity contribution >= 4 is 21.6 Å². The number of nitrogens with zero attached hydrogens (tertiary/aromatic N) is 2. The smallest absolute Gasteiger partial charge is 0.255 e. The van der Waals surface area contributed by atoms with Gasteiger partial charge in [0.15, 0.2) is 0 Å². The van der Waals surface area contributed by atoms with Crippen molar-refractivity contribution in [2.24, 2.45) is 5.73 Å². The Bertz CT molecular complexity index is 1120. The maximum absolute atomic E-state index is 12.8. The highest BCUT2D eigenvalue weighted by molar-refractivity contribution is 7.89. The van der Waals surface area contributed by atoms with Crippen molar-refractivity contribution in [1.29, 1.82) is 0 Å². The standard InChI is InChI=1S/C22H24N4O4S/c1-26(31(28,29)20-9-7-19(30-2)8-10-20)15-21(23)16-3-5-17(6-4-16)22(27)25-18-11-13-24-14-12-18/h3-14,21H,15,23H2,1-2H3,(H,24,25,27)/t21-/m0/s1. The van der Waals surface area contributed by atoms with Crippen LogP contribution in [0.15, 0.2) is 78.0 Å². The number of pyridine rings is 1. The van der Waals surface area contributed by atoms with E-state index in [0.29, 0.717) is 17.0 Å². The van der Waals surface area contributed by atoms with E-state index in [1.54, 1.807) is 60.9 Å². The number of methoxy groups -OCH3 is 1. The molecule has 31 heavy (non-hydrogen) atoms. The molecule has 3 N–H and O–H groups in total. The summed E-state index contributed by atoms with van der Waals surface area (Å²) in [6, 6.07) is 15.8. The molecule has 0 spiro atoms. The number of benzene rings is 2. The number of rotatable bonds is 8. The fourth-order valence-corrected chi connectivity index (χ4v) is 4.13. The molecule has 0 saturated heterocycles. The molecule has 8 nitrogen and oxygen atoms in total. The highest BCUT2D eigenvalue weighted by atomic mass is 32.2. The number of nitrogens with one attached hydrogen (secondary N) is 1. The fourth-order valence-electron chi connectivity index (χ4n) is 2.93. The van der Waals surface area contributed by atoms with Crippen molar-refractivity contribution in [1.82, 2.24) is 9.29 Å². The van der Waals surface area contributed by atoms with E-state index < -0.39 is 16.1 Å². The van der Waals surface area contributed by atoms with E-state index in [9.17, 15) is 13.2 Å². The summed E-state index contributed by atoms with van der Waals surface area (Å²) in [5.74, 6) is 0.317. The topological polar surface area (TPSA) is 115 Å². The van der Waals surface area contributed by atoms with Gasteiger partial charge in [0.25, 0.3) is 5.91 Å². The lowest BCUT2D eigenvalue weighted by molar-refractivity contribution is 0.102. The van der Waals surface area contributed by atoms with Crippen molar-refractivity contribution in [2.45, 2.75) is 10.9 Å². The molecule has 0 fully saturated rings. The number of carbonyl (C=O) groups excluding carboxylic acids is 1. The molecular weight excluding hydrogens is 416 g/mol. The molecule has 9 heteroatoms. The zero-order valence-corrected chi connectivity index (χ0v) is 18.0. The lowest BCUT2D eigenvalue weighted by Gasteiger charge is -2.22. The summed E-state index contributed by atoms with van der Waals surface area (Å²) in [5, 5.41) is 2.78.